The van der Waals surface area contributed by atoms with Gasteiger partial charge in [0.15, 0.2) is 0 Å². The van der Waals surface area contributed by atoms with E-state index in [1.807, 2.05) is 29.2 Å². The van der Waals surface area contributed by atoms with Crippen molar-refractivity contribution < 1.29 is 14.3 Å². The minimum Gasteiger partial charge on any atom is -0.378 e. The standard InChI is InChI=1S/C17H22ClNO3/c18-15-6-2-1-5-14(15)16-12-19(9-11-22-16)17(20)8-7-13-4-3-10-21-13/h1-2,5-6,13,16H,3-4,7-12H2/t13-,16+/m1/s1. The number of halogens is 1. The lowest BCUT2D eigenvalue weighted by Gasteiger charge is -2.33. The Labute approximate surface area is 136 Å². The number of carbonyl (C=O) groups excluding carboxylic acids is 1. The maximum Gasteiger partial charge on any atom is 0.222 e. The van der Waals surface area contributed by atoms with Gasteiger partial charge in [0, 0.05) is 30.2 Å². The van der Waals surface area contributed by atoms with Crippen LogP contribution in [0, 0.1) is 0 Å². The first-order valence-corrected chi connectivity index (χ1v) is 8.37. The van der Waals surface area contributed by atoms with Crippen LogP contribution >= 0.6 is 11.6 Å². The second-order valence-electron chi connectivity index (χ2n) is 5.89. The summed E-state index contributed by atoms with van der Waals surface area (Å²) in [6.45, 7) is 2.63. The van der Waals surface area contributed by atoms with Gasteiger partial charge in [-0.2, -0.15) is 0 Å². The van der Waals surface area contributed by atoms with E-state index in [1.165, 1.54) is 0 Å². The fourth-order valence-corrected chi connectivity index (χ4v) is 3.37. The zero-order valence-corrected chi connectivity index (χ0v) is 13.4. The highest BCUT2D eigenvalue weighted by Gasteiger charge is 2.27. The summed E-state index contributed by atoms with van der Waals surface area (Å²) in [4.78, 5) is 14.3. The van der Waals surface area contributed by atoms with Crippen LogP contribution in [0.3, 0.4) is 0 Å². The molecule has 0 aliphatic carbocycles. The molecular formula is C17H22ClNO3. The third-order valence-corrected chi connectivity index (χ3v) is 4.72. The van der Waals surface area contributed by atoms with Gasteiger partial charge in [0.25, 0.3) is 0 Å². The molecule has 4 nitrogen and oxygen atoms in total. The number of nitrogens with zero attached hydrogens (tertiary/aromatic N) is 1. The van der Waals surface area contributed by atoms with Crippen LogP contribution < -0.4 is 0 Å². The van der Waals surface area contributed by atoms with E-state index in [2.05, 4.69) is 0 Å². The van der Waals surface area contributed by atoms with Crippen molar-refractivity contribution in [1.29, 1.82) is 0 Å². The van der Waals surface area contributed by atoms with E-state index in [9.17, 15) is 4.79 Å². The van der Waals surface area contributed by atoms with Gasteiger partial charge >= 0.3 is 0 Å². The maximum absolute atomic E-state index is 12.4. The third-order valence-electron chi connectivity index (χ3n) is 4.38. The van der Waals surface area contributed by atoms with Crippen LogP contribution in [0.25, 0.3) is 0 Å². The van der Waals surface area contributed by atoms with Crippen LogP contribution in [0.2, 0.25) is 5.02 Å². The molecule has 0 aromatic heterocycles. The summed E-state index contributed by atoms with van der Waals surface area (Å²) in [6.07, 6.45) is 3.72. The van der Waals surface area contributed by atoms with E-state index < -0.39 is 0 Å². The summed E-state index contributed by atoms with van der Waals surface area (Å²) in [5.41, 5.74) is 0.959. The first-order valence-electron chi connectivity index (χ1n) is 7.99. The van der Waals surface area contributed by atoms with Gasteiger partial charge in [0.05, 0.1) is 19.3 Å². The van der Waals surface area contributed by atoms with Crippen molar-refractivity contribution in [3.05, 3.63) is 34.9 Å². The van der Waals surface area contributed by atoms with E-state index in [0.717, 1.165) is 31.4 Å². The average molecular weight is 324 g/mol. The number of carbonyl (C=O) groups is 1. The smallest absolute Gasteiger partial charge is 0.222 e. The van der Waals surface area contributed by atoms with Crippen LogP contribution in [0.1, 0.15) is 37.4 Å². The van der Waals surface area contributed by atoms with E-state index in [0.29, 0.717) is 31.1 Å². The molecule has 1 aromatic carbocycles. The molecule has 3 rings (SSSR count). The fraction of sp³-hybridized carbons (Fsp3) is 0.588. The molecule has 1 amide bonds. The van der Waals surface area contributed by atoms with E-state index in [4.69, 9.17) is 21.1 Å². The number of benzene rings is 1. The Balaban J connectivity index is 1.55. The van der Waals surface area contributed by atoms with Crippen molar-refractivity contribution in [2.75, 3.05) is 26.3 Å². The molecule has 2 heterocycles. The molecule has 0 unspecified atom stereocenters. The number of rotatable bonds is 4. The first kappa shape index (κ1) is 15.8. The Morgan fingerprint density at radius 1 is 1.27 bits per heavy atom. The summed E-state index contributed by atoms with van der Waals surface area (Å²) < 4.78 is 11.4. The monoisotopic (exact) mass is 323 g/mol. The molecule has 2 aliphatic rings. The lowest BCUT2D eigenvalue weighted by atomic mass is 10.1. The summed E-state index contributed by atoms with van der Waals surface area (Å²) in [5, 5.41) is 0.696. The number of ether oxygens (including phenoxy) is 2. The van der Waals surface area contributed by atoms with Gasteiger partial charge in [-0.1, -0.05) is 29.8 Å². The Kier molecular flexibility index (Phi) is 5.34. The molecule has 1 aromatic rings. The Hall–Kier alpha value is -1.10. The van der Waals surface area contributed by atoms with Gasteiger partial charge in [-0.3, -0.25) is 4.79 Å². The largest absolute Gasteiger partial charge is 0.378 e. The second-order valence-corrected chi connectivity index (χ2v) is 6.30. The van der Waals surface area contributed by atoms with E-state index in [1.54, 1.807) is 0 Å². The van der Waals surface area contributed by atoms with Crippen LogP contribution in [0.5, 0.6) is 0 Å². The Morgan fingerprint density at radius 2 is 2.14 bits per heavy atom. The maximum atomic E-state index is 12.4. The summed E-state index contributed by atoms with van der Waals surface area (Å²) in [5.74, 6) is 0.191. The molecular weight excluding hydrogens is 302 g/mol. The Morgan fingerprint density at radius 3 is 2.91 bits per heavy atom. The van der Waals surface area contributed by atoms with Crippen molar-refractivity contribution in [2.24, 2.45) is 0 Å². The quantitative estimate of drug-likeness (QED) is 0.854. The summed E-state index contributed by atoms with van der Waals surface area (Å²) >= 11 is 6.23. The predicted molar refractivity (Wildman–Crippen MR) is 84.9 cm³/mol. The van der Waals surface area contributed by atoms with Crippen LogP contribution in [0.15, 0.2) is 24.3 Å². The van der Waals surface area contributed by atoms with E-state index in [-0.39, 0.29) is 18.1 Å². The molecule has 0 bridgehead atoms. The molecule has 2 fully saturated rings. The lowest BCUT2D eigenvalue weighted by molar-refractivity contribution is -0.139. The third kappa shape index (κ3) is 3.80. The van der Waals surface area contributed by atoms with Crippen molar-refractivity contribution in [3.63, 3.8) is 0 Å². The van der Waals surface area contributed by atoms with Crippen LogP contribution in [-0.2, 0) is 14.3 Å². The van der Waals surface area contributed by atoms with Crippen molar-refractivity contribution in [1.82, 2.24) is 4.90 Å². The number of amides is 1. The highest BCUT2D eigenvalue weighted by Crippen LogP contribution is 2.28. The van der Waals surface area contributed by atoms with Crippen LogP contribution in [-0.4, -0.2) is 43.2 Å². The van der Waals surface area contributed by atoms with Crippen LogP contribution in [0.4, 0.5) is 0 Å². The molecule has 0 saturated carbocycles. The first-order chi connectivity index (χ1) is 10.7. The van der Waals surface area contributed by atoms with Gasteiger partial charge in [-0.25, -0.2) is 0 Å². The summed E-state index contributed by atoms with van der Waals surface area (Å²) in [6, 6.07) is 7.67. The normalized spacial score (nSPS) is 25.4. The molecule has 2 atom stereocenters. The molecule has 0 spiro atoms. The second kappa shape index (κ2) is 7.44. The van der Waals surface area contributed by atoms with E-state index >= 15 is 0 Å². The highest BCUT2D eigenvalue weighted by atomic mass is 35.5. The van der Waals surface area contributed by atoms with Crippen molar-refractivity contribution in [3.8, 4) is 0 Å². The SMILES string of the molecule is O=C(CC[C@H]1CCCO1)N1CCO[C@H](c2ccccc2Cl)C1. The topological polar surface area (TPSA) is 38.8 Å². The Bertz CT molecular complexity index is 516. The van der Waals surface area contributed by atoms with Gasteiger partial charge in [-0.15, -0.1) is 0 Å². The van der Waals surface area contributed by atoms with Gasteiger partial charge < -0.3 is 14.4 Å². The number of morpholine rings is 1. The highest BCUT2D eigenvalue weighted by molar-refractivity contribution is 6.31. The minimum atomic E-state index is -0.130. The molecule has 0 radical (unpaired) electrons. The number of hydrogen-bond donors (Lipinski definition) is 0. The van der Waals surface area contributed by atoms with Crippen molar-refractivity contribution >= 4 is 17.5 Å². The number of hydrogen-bond acceptors (Lipinski definition) is 3. The lowest BCUT2D eigenvalue weighted by Crippen LogP contribution is -2.42. The zero-order chi connectivity index (χ0) is 15.4. The van der Waals surface area contributed by atoms with Gasteiger partial charge in [0.1, 0.15) is 6.10 Å². The molecule has 0 N–H and O–H groups in total. The minimum absolute atomic E-state index is 0.130. The molecule has 2 aliphatic heterocycles. The molecule has 5 heteroatoms. The van der Waals surface area contributed by atoms with Gasteiger partial charge in [-0.05, 0) is 25.3 Å². The van der Waals surface area contributed by atoms with Gasteiger partial charge in [0.2, 0.25) is 5.91 Å². The summed E-state index contributed by atoms with van der Waals surface area (Å²) in [7, 11) is 0. The molecule has 22 heavy (non-hydrogen) atoms. The predicted octanol–water partition coefficient (Wildman–Crippen LogP) is 3.20. The average Bonchev–Trinajstić information content (AvgIpc) is 3.06. The van der Waals surface area contributed by atoms with Crippen molar-refractivity contribution in [2.45, 2.75) is 37.9 Å². The molecule has 120 valence electrons. The molecule has 2 saturated heterocycles. The fourth-order valence-electron chi connectivity index (χ4n) is 3.11. The zero-order valence-electron chi connectivity index (χ0n) is 12.7.